The first-order valence-electron chi connectivity index (χ1n) is 13.6. The summed E-state index contributed by atoms with van der Waals surface area (Å²) in [6.07, 6.45) is 8.80. The van der Waals surface area contributed by atoms with Crippen LogP contribution < -0.4 is 20.3 Å². The summed E-state index contributed by atoms with van der Waals surface area (Å²) in [4.78, 5) is 26.1. The Bertz CT molecular complexity index is 1550. The lowest BCUT2D eigenvalue weighted by Gasteiger charge is -2.26. The quantitative estimate of drug-likeness (QED) is 0.212. The van der Waals surface area contributed by atoms with Crippen LogP contribution in [0.2, 0.25) is 0 Å². The van der Waals surface area contributed by atoms with E-state index in [0.29, 0.717) is 28.8 Å². The number of carbonyl (C=O) groups excluding carboxylic acids is 1. The molecule has 0 fully saturated rings. The summed E-state index contributed by atoms with van der Waals surface area (Å²) in [6.45, 7) is 3.65. The van der Waals surface area contributed by atoms with Crippen molar-refractivity contribution in [3.63, 3.8) is 0 Å². The molecule has 0 unspecified atom stereocenters. The molecular weight excluding hydrogens is 521 g/mol. The zero-order chi connectivity index (χ0) is 29.5. The predicted molar refractivity (Wildman–Crippen MR) is 165 cm³/mol. The van der Waals surface area contributed by atoms with E-state index >= 15 is 0 Å². The van der Waals surface area contributed by atoms with Gasteiger partial charge in [-0.3, -0.25) is 4.79 Å². The van der Waals surface area contributed by atoms with Crippen molar-refractivity contribution in [3.8, 4) is 17.0 Å². The van der Waals surface area contributed by atoms with Gasteiger partial charge in [-0.25, -0.2) is 14.4 Å². The molecule has 10 heteroatoms. The third-order valence-electron chi connectivity index (χ3n) is 6.72. The number of aromatic nitrogens is 3. The molecule has 0 spiro atoms. The summed E-state index contributed by atoms with van der Waals surface area (Å²) in [5, 5.41) is 7.05. The molecule has 1 amide bonds. The smallest absolute Gasteiger partial charge is 0.248 e. The number of allylic oxidation sites excluding steroid dienone is 1. The summed E-state index contributed by atoms with van der Waals surface area (Å²) >= 11 is 0. The molecule has 0 radical (unpaired) electrons. The molecule has 0 aliphatic heterocycles. The van der Waals surface area contributed by atoms with Crippen LogP contribution in [-0.2, 0) is 11.8 Å². The Morgan fingerprint density at radius 1 is 1.12 bits per heavy atom. The number of rotatable bonds is 12. The number of hydrogen-bond donors (Lipinski definition) is 2. The van der Waals surface area contributed by atoms with Gasteiger partial charge in [0.25, 0.3) is 0 Å². The largest absolute Gasteiger partial charge is 0.494 e. The number of benzene rings is 2. The average molecular weight is 560 g/mol. The molecule has 2 aromatic heterocycles. The Labute approximate surface area is 240 Å². The lowest BCUT2D eigenvalue weighted by atomic mass is 10.1. The van der Waals surface area contributed by atoms with Crippen LogP contribution >= 0.6 is 0 Å². The summed E-state index contributed by atoms with van der Waals surface area (Å²) in [5.74, 6) is 0.385. The van der Waals surface area contributed by atoms with Gasteiger partial charge < -0.3 is 29.7 Å². The minimum atomic E-state index is -0.308. The number of aryl methyl sites for hydroxylation is 1. The van der Waals surface area contributed by atoms with Gasteiger partial charge in [-0.05, 0) is 56.9 Å². The van der Waals surface area contributed by atoms with Crippen molar-refractivity contribution in [1.82, 2.24) is 19.4 Å². The molecule has 0 saturated heterocycles. The van der Waals surface area contributed by atoms with E-state index in [1.807, 2.05) is 57.2 Å². The highest BCUT2D eigenvalue weighted by molar-refractivity contribution is 6.02. The third kappa shape index (κ3) is 7.20. The Kier molecular flexibility index (Phi) is 9.57. The van der Waals surface area contributed by atoms with Crippen LogP contribution in [0.15, 0.2) is 60.9 Å². The summed E-state index contributed by atoms with van der Waals surface area (Å²) in [6, 6.07) is 10.2. The van der Waals surface area contributed by atoms with Crippen LogP contribution in [0, 0.1) is 5.82 Å². The minimum Gasteiger partial charge on any atom is -0.494 e. The first-order chi connectivity index (χ1) is 19.7. The van der Waals surface area contributed by atoms with E-state index in [2.05, 4.69) is 32.3 Å². The first kappa shape index (κ1) is 29.5. The average Bonchev–Trinajstić information content (AvgIpc) is 3.27. The van der Waals surface area contributed by atoms with Gasteiger partial charge in [0.1, 0.15) is 11.6 Å². The van der Waals surface area contributed by atoms with E-state index in [0.717, 1.165) is 48.1 Å². The molecule has 216 valence electrons. The number of nitrogens with one attached hydrogen (secondary N) is 2. The van der Waals surface area contributed by atoms with Crippen molar-refractivity contribution in [2.75, 3.05) is 56.9 Å². The third-order valence-corrected chi connectivity index (χ3v) is 6.72. The topological polar surface area (TPSA) is 87.5 Å². The van der Waals surface area contributed by atoms with Gasteiger partial charge >= 0.3 is 0 Å². The van der Waals surface area contributed by atoms with Crippen molar-refractivity contribution in [2.24, 2.45) is 7.05 Å². The SMILES string of the molecule is CCC/C=C\C(=O)Nc1cc(Nc2nccc(-c3cn(C)c4ccc(F)cc34)n2)c(OC)cc1N(C)CCN(C)C. The monoisotopic (exact) mass is 559 g/mol. The molecule has 4 aromatic rings. The van der Waals surface area contributed by atoms with Gasteiger partial charge in [0.05, 0.1) is 29.9 Å². The maximum Gasteiger partial charge on any atom is 0.248 e. The molecule has 41 heavy (non-hydrogen) atoms. The first-order valence-corrected chi connectivity index (χ1v) is 13.6. The highest BCUT2D eigenvalue weighted by Crippen LogP contribution is 2.38. The molecule has 9 nitrogen and oxygen atoms in total. The number of hydrogen-bond acceptors (Lipinski definition) is 7. The fourth-order valence-corrected chi connectivity index (χ4v) is 4.51. The molecular formula is C31H38FN7O2. The maximum atomic E-state index is 14.1. The highest BCUT2D eigenvalue weighted by atomic mass is 19.1. The predicted octanol–water partition coefficient (Wildman–Crippen LogP) is 5.82. The van der Waals surface area contributed by atoms with E-state index in [9.17, 15) is 9.18 Å². The Morgan fingerprint density at radius 2 is 1.93 bits per heavy atom. The zero-order valence-corrected chi connectivity index (χ0v) is 24.5. The fraction of sp³-hybridized carbons (Fsp3) is 0.323. The summed E-state index contributed by atoms with van der Waals surface area (Å²) in [5.41, 5.74) is 4.38. The Balaban J connectivity index is 1.70. The number of likely N-dealkylation sites (N-methyl/N-ethyl adjacent to an activating group) is 2. The lowest BCUT2D eigenvalue weighted by Crippen LogP contribution is -2.29. The van der Waals surface area contributed by atoms with Crippen molar-refractivity contribution in [3.05, 3.63) is 66.8 Å². The molecule has 2 aromatic carbocycles. The number of anilines is 4. The van der Waals surface area contributed by atoms with Gasteiger partial charge in [0.15, 0.2) is 0 Å². The Morgan fingerprint density at radius 3 is 2.66 bits per heavy atom. The zero-order valence-electron chi connectivity index (χ0n) is 24.5. The molecule has 2 N–H and O–H groups in total. The van der Waals surface area contributed by atoms with Gasteiger partial charge in [0.2, 0.25) is 11.9 Å². The van der Waals surface area contributed by atoms with Crippen molar-refractivity contribution < 1.29 is 13.9 Å². The van der Waals surface area contributed by atoms with Crippen molar-refractivity contribution >= 4 is 39.8 Å². The van der Waals surface area contributed by atoms with Crippen LogP contribution in [0.5, 0.6) is 5.75 Å². The van der Waals surface area contributed by atoms with Gasteiger partial charge in [-0.15, -0.1) is 0 Å². The molecule has 0 aliphatic rings. The number of methoxy groups -OCH3 is 1. The van der Waals surface area contributed by atoms with Crippen LogP contribution in [0.25, 0.3) is 22.2 Å². The standard InChI is InChI=1S/C31H38FN7O2/c1-7-8-9-10-30(40)34-25-18-26(29(41-6)19-28(25)38(4)16-15-37(2)3)36-31-33-14-13-24(35-31)23-20-39(5)27-12-11-21(32)17-22(23)27/h9-14,17-20H,7-8,15-16H2,1-6H3,(H,34,40)(H,33,35,36)/b10-9-. The van der Waals surface area contributed by atoms with E-state index in [-0.39, 0.29) is 11.7 Å². The molecule has 0 bridgehead atoms. The van der Waals surface area contributed by atoms with Crippen LogP contribution in [0.1, 0.15) is 19.8 Å². The highest BCUT2D eigenvalue weighted by Gasteiger charge is 2.17. The molecule has 0 aliphatic carbocycles. The molecule has 4 rings (SSSR count). The summed E-state index contributed by atoms with van der Waals surface area (Å²) in [7, 11) is 9.53. The number of fused-ring (bicyclic) bond motifs is 1. The van der Waals surface area contributed by atoms with Crippen molar-refractivity contribution in [1.29, 1.82) is 0 Å². The molecule has 0 saturated carbocycles. The van der Waals surface area contributed by atoms with Crippen LogP contribution in [0.4, 0.5) is 27.4 Å². The lowest BCUT2D eigenvalue weighted by molar-refractivity contribution is -0.111. The molecule has 0 atom stereocenters. The van der Waals surface area contributed by atoms with E-state index in [1.165, 1.54) is 12.1 Å². The van der Waals surface area contributed by atoms with E-state index < -0.39 is 0 Å². The summed E-state index contributed by atoms with van der Waals surface area (Å²) < 4.78 is 21.8. The number of ether oxygens (including phenoxy) is 1. The van der Waals surface area contributed by atoms with Gasteiger partial charge in [-0.2, -0.15) is 0 Å². The fourth-order valence-electron chi connectivity index (χ4n) is 4.51. The van der Waals surface area contributed by atoms with E-state index in [4.69, 9.17) is 9.72 Å². The van der Waals surface area contributed by atoms with Crippen LogP contribution in [0.3, 0.4) is 0 Å². The van der Waals surface area contributed by atoms with Gasteiger partial charge in [0, 0.05) is 62.1 Å². The maximum absolute atomic E-state index is 14.1. The van der Waals surface area contributed by atoms with E-state index in [1.54, 1.807) is 31.5 Å². The number of nitrogens with zero attached hydrogens (tertiary/aromatic N) is 5. The number of carbonyl (C=O) groups is 1. The second-order valence-electron chi connectivity index (χ2n) is 10.2. The van der Waals surface area contributed by atoms with Gasteiger partial charge in [-0.1, -0.05) is 19.4 Å². The second kappa shape index (κ2) is 13.3. The van der Waals surface area contributed by atoms with Crippen molar-refractivity contribution in [2.45, 2.75) is 19.8 Å². The second-order valence-corrected chi connectivity index (χ2v) is 10.2. The van der Waals surface area contributed by atoms with Crippen LogP contribution in [-0.4, -0.2) is 66.7 Å². The Hall–Kier alpha value is -4.44. The number of halogens is 1. The number of amides is 1. The molecule has 2 heterocycles. The minimum absolute atomic E-state index is 0.210. The normalized spacial score (nSPS) is 11.4. The number of unbranched alkanes of at least 4 members (excludes halogenated alkanes) is 1.